The van der Waals surface area contributed by atoms with Crippen molar-refractivity contribution in [3.05, 3.63) is 12.2 Å². The molecule has 0 rings (SSSR count). The molecule has 84 valence electrons. The molecule has 0 aliphatic carbocycles. The topological polar surface area (TPSA) is 3.24 Å². The van der Waals surface area contributed by atoms with E-state index in [1.165, 1.54) is 51.5 Å². The van der Waals surface area contributed by atoms with Gasteiger partial charge in [0.15, 0.2) is 0 Å². The first-order valence-electron chi connectivity index (χ1n) is 6.03. The third kappa shape index (κ3) is 11.7. The molecule has 0 aliphatic heterocycles. The zero-order chi connectivity index (χ0) is 10.6. The number of nitrogens with zero attached hydrogens (tertiary/aromatic N) is 1. The van der Waals surface area contributed by atoms with Gasteiger partial charge in [0.2, 0.25) is 0 Å². The van der Waals surface area contributed by atoms with Gasteiger partial charge in [0.05, 0.1) is 0 Å². The molecule has 0 aromatic carbocycles. The highest BCUT2D eigenvalue weighted by molar-refractivity contribution is 4.76. The average Bonchev–Trinajstić information content (AvgIpc) is 2.15. The van der Waals surface area contributed by atoms with E-state index in [1.54, 1.807) is 0 Å². The first-order valence-corrected chi connectivity index (χ1v) is 6.03. The Bertz CT molecular complexity index is 127. The Balaban J connectivity index is 2.92. The molecule has 0 bridgehead atoms. The van der Waals surface area contributed by atoms with Gasteiger partial charge in [-0.05, 0) is 46.8 Å². The summed E-state index contributed by atoms with van der Waals surface area (Å²) in [5.74, 6) is 0. The molecule has 0 heterocycles. The van der Waals surface area contributed by atoms with Gasteiger partial charge in [-0.1, -0.05) is 37.8 Å². The van der Waals surface area contributed by atoms with Gasteiger partial charge in [-0.25, -0.2) is 0 Å². The highest BCUT2D eigenvalue weighted by Gasteiger charge is 1.92. The van der Waals surface area contributed by atoms with Crippen LogP contribution in [0.2, 0.25) is 0 Å². The maximum absolute atomic E-state index is 2.27. The summed E-state index contributed by atoms with van der Waals surface area (Å²) in [7, 11) is 4.30. The lowest BCUT2D eigenvalue weighted by Crippen LogP contribution is -2.12. The van der Waals surface area contributed by atoms with E-state index in [0.29, 0.717) is 0 Å². The van der Waals surface area contributed by atoms with Gasteiger partial charge in [0.1, 0.15) is 0 Å². The Morgan fingerprint density at radius 2 is 1.43 bits per heavy atom. The Labute approximate surface area is 90.2 Å². The Morgan fingerprint density at radius 3 is 2.00 bits per heavy atom. The van der Waals surface area contributed by atoms with Gasteiger partial charge in [0, 0.05) is 0 Å². The van der Waals surface area contributed by atoms with Crippen LogP contribution in [0.25, 0.3) is 0 Å². The van der Waals surface area contributed by atoms with E-state index in [-0.39, 0.29) is 0 Å². The average molecular weight is 197 g/mol. The quantitative estimate of drug-likeness (QED) is 0.401. The monoisotopic (exact) mass is 197 g/mol. The minimum absolute atomic E-state index is 1.25. The van der Waals surface area contributed by atoms with Crippen LogP contribution in [0.15, 0.2) is 12.2 Å². The molecule has 0 atom stereocenters. The van der Waals surface area contributed by atoms with Gasteiger partial charge in [0.25, 0.3) is 0 Å². The van der Waals surface area contributed by atoms with Crippen molar-refractivity contribution in [1.82, 2.24) is 4.90 Å². The first kappa shape index (κ1) is 13.7. The predicted octanol–water partition coefficient (Wildman–Crippen LogP) is 3.85. The predicted molar refractivity (Wildman–Crippen MR) is 65.7 cm³/mol. The standard InChI is InChI=1S/C13H27N/c1-4-5-6-7-8-9-10-11-12-13-14(2)3/h4-5H,6-13H2,1-3H3/b5-4+. The number of allylic oxidation sites excluding steroid dienone is 2. The van der Waals surface area contributed by atoms with Crippen LogP contribution in [-0.2, 0) is 0 Å². The minimum Gasteiger partial charge on any atom is -0.309 e. The van der Waals surface area contributed by atoms with Gasteiger partial charge >= 0.3 is 0 Å². The Kier molecular flexibility index (Phi) is 10.5. The van der Waals surface area contributed by atoms with Gasteiger partial charge in [-0.3, -0.25) is 0 Å². The number of hydrogen-bond acceptors (Lipinski definition) is 1. The molecule has 0 aromatic rings. The molecule has 14 heavy (non-hydrogen) atoms. The molecule has 1 heteroatoms. The summed E-state index contributed by atoms with van der Waals surface area (Å²) >= 11 is 0. The smallest absolute Gasteiger partial charge is 0.00248 e. The van der Waals surface area contributed by atoms with Crippen LogP contribution in [-0.4, -0.2) is 25.5 Å². The van der Waals surface area contributed by atoms with Crippen molar-refractivity contribution < 1.29 is 0 Å². The van der Waals surface area contributed by atoms with Crippen molar-refractivity contribution in [2.24, 2.45) is 0 Å². The second-order valence-corrected chi connectivity index (χ2v) is 4.28. The van der Waals surface area contributed by atoms with E-state index in [1.807, 2.05) is 0 Å². The second-order valence-electron chi connectivity index (χ2n) is 4.28. The minimum atomic E-state index is 1.25. The van der Waals surface area contributed by atoms with Crippen LogP contribution in [0.1, 0.15) is 51.9 Å². The van der Waals surface area contributed by atoms with Crippen LogP contribution in [0.3, 0.4) is 0 Å². The third-order valence-corrected chi connectivity index (χ3v) is 2.46. The number of rotatable bonds is 9. The van der Waals surface area contributed by atoms with E-state index in [4.69, 9.17) is 0 Å². The van der Waals surface area contributed by atoms with Crippen LogP contribution >= 0.6 is 0 Å². The van der Waals surface area contributed by atoms with Crippen molar-refractivity contribution >= 4 is 0 Å². The van der Waals surface area contributed by atoms with Crippen molar-refractivity contribution in [3.8, 4) is 0 Å². The summed E-state index contributed by atoms with van der Waals surface area (Å²) in [5.41, 5.74) is 0. The normalized spacial score (nSPS) is 11.7. The highest BCUT2D eigenvalue weighted by Crippen LogP contribution is 2.07. The molecule has 0 radical (unpaired) electrons. The van der Waals surface area contributed by atoms with E-state index in [0.717, 1.165) is 0 Å². The van der Waals surface area contributed by atoms with Crippen LogP contribution < -0.4 is 0 Å². The molecular weight excluding hydrogens is 170 g/mol. The van der Waals surface area contributed by atoms with Gasteiger partial charge < -0.3 is 4.90 Å². The molecule has 0 saturated carbocycles. The van der Waals surface area contributed by atoms with E-state index >= 15 is 0 Å². The molecule has 0 saturated heterocycles. The molecule has 0 aromatic heterocycles. The summed E-state index contributed by atoms with van der Waals surface area (Å²) in [6, 6.07) is 0. The summed E-state index contributed by atoms with van der Waals surface area (Å²) in [6.07, 6.45) is 14.1. The largest absolute Gasteiger partial charge is 0.309 e. The fourth-order valence-electron chi connectivity index (χ4n) is 1.56. The van der Waals surface area contributed by atoms with E-state index in [2.05, 4.69) is 38.1 Å². The second kappa shape index (κ2) is 10.8. The van der Waals surface area contributed by atoms with E-state index in [9.17, 15) is 0 Å². The molecule has 0 unspecified atom stereocenters. The van der Waals surface area contributed by atoms with Crippen molar-refractivity contribution in [3.63, 3.8) is 0 Å². The summed E-state index contributed by atoms with van der Waals surface area (Å²) in [5, 5.41) is 0. The maximum Gasteiger partial charge on any atom is -0.00248 e. The summed E-state index contributed by atoms with van der Waals surface area (Å²) < 4.78 is 0. The maximum atomic E-state index is 2.27. The van der Waals surface area contributed by atoms with Gasteiger partial charge in [-0.15, -0.1) is 0 Å². The summed E-state index contributed by atoms with van der Waals surface area (Å²) in [4.78, 5) is 2.27. The fraction of sp³-hybridized carbons (Fsp3) is 0.846. The fourth-order valence-corrected chi connectivity index (χ4v) is 1.56. The number of hydrogen-bond donors (Lipinski definition) is 0. The first-order chi connectivity index (χ1) is 6.77. The zero-order valence-corrected chi connectivity index (χ0v) is 10.3. The molecule has 0 N–H and O–H groups in total. The van der Waals surface area contributed by atoms with Crippen molar-refractivity contribution in [2.75, 3.05) is 20.6 Å². The lowest BCUT2D eigenvalue weighted by Gasteiger charge is -2.08. The molecule has 0 aliphatic rings. The summed E-state index contributed by atoms with van der Waals surface area (Å²) in [6.45, 7) is 3.35. The molecule has 1 nitrogen and oxygen atoms in total. The Morgan fingerprint density at radius 1 is 0.857 bits per heavy atom. The highest BCUT2D eigenvalue weighted by atomic mass is 15.0. The molecule has 0 fully saturated rings. The lowest BCUT2D eigenvalue weighted by atomic mass is 10.1. The molecule has 0 spiro atoms. The molecule has 0 amide bonds. The van der Waals surface area contributed by atoms with Gasteiger partial charge in [-0.2, -0.15) is 0 Å². The van der Waals surface area contributed by atoms with Crippen LogP contribution in [0.5, 0.6) is 0 Å². The van der Waals surface area contributed by atoms with Crippen molar-refractivity contribution in [1.29, 1.82) is 0 Å². The third-order valence-electron chi connectivity index (χ3n) is 2.46. The van der Waals surface area contributed by atoms with Crippen LogP contribution in [0.4, 0.5) is 0 Å². The zero-order valence-electron chi connectivity index (χ0n) is 10.3. The Hall–Kier alpha value is -0.300. The van der Waals surface area contributed by atoms with Crippen LogP contribution in [0, 0.1) is 0 Å². The lowest BCUT2D eigenvalue weighted by molar-refractivity contribution is 0.389. The van der Waals surface area contributed by atoms with E-state index < -0.39 is 0 Å². The van der Waals surface area contributed by atoms with Crippen molar-refractivity contribution in [2.45, 2.75) is 51.9 Å². The SMILES string of the molecule is C/C=C/CCCCCCCCN(C)C. The molecular formula is C13H27N. The number of unbranched alkanes of at least 4 members (excludes halogenated alkanes) is 6.